The van der Waals surface area contributed by atoms with E-state index in [1.165, 1.54) is 51.1 Å². The largest absolute Gasteiger partial charge is 0.0622 e. The van der Waals surface area contributed by atoms with E-state index in [0.29, 0.717) is 0 Å². The number of hydrogen-bond acceptors (Lipinski definition) is 0. The summed E-state index contributed by atoms with van der Waals surface area (Å²) in [5.74, 6) is 0. The quantitative estimate of drug-likeness (QED) is 0.284. The Morgan fingerprint density at radius 3 is 1.19 bits per heavy atom. The van der Waals surface area contributed by atoms with Crippen molar-refractivity contribution in [2.45, 2.75) is 20.3 Å². The van der Waals surface area contributed by atoms with Gasteiger partial charge in [-0.25, -0.2) is 0 Å². The first-order valence-electron chi connectivity index (χ1n) is 11.0. The molecule has 0 aliphatic heterocycles. The van der Waals surface area contributed by atoms with Gasteiger partial charge in [0.1, 0.15) is 0 Å². The lowest BCUT2D eigenvalue weighted by atomic mass is 10.2. The van der Waals surface area contributed by atoms with Crippen molar-refractivity contribution in [3.63, 3.8) is 0 Å². The van der Waals surface area contributed by atoms with Crippen LogP contribution in [0.1, 0.15) is 17.5 Å². The summed E-state index contributed by atoms with van der Waals surface area (Å²) in [5.41, 5.74) is 2.84. The molecule has 0 spiro atoms. The summed E-state index contributed by atoms with van der Waals surface area (Å²) in [4.78, 5) is 0. The van der Waals surface area contributed by atoms with Crippen molar-refractivity contribution in [1.82, 2.24) is 0 Å². The second-order valence-corrected chi connectivity index (χ2v) is 12.5. The molecule has 0 saturated heterocycles. The Morgan fingerprint density at radius 1 is 0.452 bits per heavy atom. The standard InChI is InChI=1S/C29H30P2/c1-24-14-9-11-20-28(24)30(26-16-5-3-6-17-26)22-13-23-31(27-18-7-4-8-19-27)29-21-12-10-15-25(29)2/h3-12,14-21H,13,22-23H2,1-2H3. The van der Waals surface area contributed by atoms with E-state index in [9.17, 15) is 0 Å². The highest BCUT2D eigenvalue weighted by atomic mass is 31.1. The molecule has 4 aromatic rings. The zero-order valence-electron chi connectivity index (χ0n) is 18.4. The maximum atomic E-state index is 2.34. The molecule has 0 nitrogen and oxygen atoms in total. The van der Waals surface area contributed by atoms with Gasteiger partial charge in [-0.15, -0.1) is 0 Å². The summed E-state index contributed by atoms with van der Waals surface area (Å²) in [6.07, 6.45) is 3.72. The second kappa shape index (κ2) is 10.9. The maximum absolute atomic E-state index is 2.34. The summed E-state index contributed by atoms with van der Waals surface area (Å²) in [5, 5.41) is 6.05. The van der Waals surface area contributed by atoms with E-state index in [1.807, 2.05) is 0 Å². The van der Waals surface area contributed by atoms with Crippen molar-refractivity contribution in [3.05, 3.63) is 120 Å². The van der Waals surface area contributed by atoms with Gasteiger partial charge in [0.2, 0.25) is 0 Å². The van der Waals surface area contributed by atoms with E-state index in [4.69, 9.17) is 0 Å². The van der Waals surface area contributed by atoms with Gasteiger partial charge in [0.15, 0.2) is 0 Å². The Labute approximate surface area is 189 Å². The molecule has 0 heterocycles. The fourth-order valence-electron chi connectivity index (χ4n) is 4.11. The zero-order valence-corrected chi connectivity index (χ0v) is 20.2. The minimum absolute atomic E-state index is 0.337. The van der Waals surface area contributed by atoms with Crippen molar-refractivity contribution in [2.75, 3.05) is 12.3 Å². The first-order valence-corrected chi connectivity index (χ1v) is 14.1. The predicted octanol–water partition coefficient (Wildman–Crippen LogP) is 6.26. The summed E-state index contributed by atoms with van der Waals surface area (Å²) in [7, 11) is -0.675. The lowest BCUT2D eigenvalue weighted by Gasteiger charge is -2.24. The molecule has 0 aliphatic rings. The van der Waals surface area contributed by atoms with Gasteiger partial charge in [0.25, 0.3) is 0 Å². The molecule has 0 bridgehead atoms. The molecule has 2 heteroatoms. The first kappa shape index (κ1) is 22.0. The van der Waals surface area contributed by atoms with Crippen LogP contribution in [0, 0.1) is 13.8 Å². The summed E-state index contributed by atoms with van der Waals surface area (Å²) < 4.78 is 0. The van der Waals surface area contributed by atoms with Gasteiger partial charge in [0.05, 0.1) is 0 Å². The van der Waals surface area contributed by atoms with Crippen LogP contribution in [0.2, 0.25) is 0 Å². The first-order chi connectivity index (χ1) is 15.2. The normalized spacial score (nSPS) is 13.0. The predicted molar refractivity (Wildman–Crippen MR) is 142 cm³/mol. The highest BCUT2D eigenvalue weighted by Gasteiger charge is 2.19. The average Bonchev–Trinajstić information content (AvgIpc) is 2.82. The second-order valence-electron chi connectivity index (χ2n) is 7.90. The Morgan fingerprint density at radius 2 is 0.806 bits per heavy atom. The van der Waals surface area contributed by atoms with Crippen molar-refractivity contribution in [2.24, 2.45) is 0 Å². The molecule has 0 fully saturated rings. The third-order valence-corrected chi connectivity index (χ3v) is 11.2. The van der Waals surface area contributed by atoms with Gasteiger partial charge in [-0.2, -0.15) is 0 Å². The van der Waals surface area contributed by atoms with Gasteiger partial charge in [-0.1, -0.05) is 109 Å². The molecular formula is C29H30P2. The van der Waals surface area contributed by atoms with E-state index in [-0.39, 0.29) is 15.8 Å². The van der Waals surface area contributed by atoms with E-state index in [0.717, 1.165) is 0 Å². The summed E-state index contributed by atoms with van der Waals surface area (Å²) >= 11 is 0. The fraction of sp³-hybridized carbons (Fsp3) is 0.172. The summed E-state index contributed by atoms with van der Waals surface area (Å²) in [6, 6.07) is 40.2. The van der Waals surface area contributed by atoms with E-state index < -0.39 is 0 Å². The minimum Gasteiger partial charge on any atom is -0.0622 e. The van der Waals surface area contributed by atoms with Gasteiger partial charge < -0.3 is 0 Å². The number of benzene rings is 4. The lowest BCUT2D eigenvalue weighted by Crippen LogP contribution is -2.19. The van der Waals surface area contributed by atoms with Gasteiger partial charge in [-0.05, 0) is 80.8 Å². The van der Waals surface area contributed by atoms with Crippen LogP contribution in [0.25, 0.3) is 0 Å². The maximum Gasteiger partial charge on any atom is -0.0166 e. The molecule has 4 aromatic carbocycles. The molecule has 2 atom stereocenters. The van der Waals surface area contributed by atoms with Crippen molar-refractivity contribution >= 4 is 37.1 Å². The Hall–Kier alpha value is -2.26. The van der Waals surface area contributed by atoms with Crippen LogP contribution in [0.15, 0.2) is 109 Å². The molecule has 4 rings (SSSR count). The monoisotopic (exact) mass is 440 g/mol. The van der Waals surface area contributed by atoms with Crippen LogP contribution >= 0.6 is 15.8 Å². The molecule has 2 unspecified atom stereocenters. The van der Waals surface area contributed by atoms with Crippen LogP contribution in [-0.2, 0) is 0 Å². The van der Waals surface area contributed by atoms with E-state index in [1.54, 1.807) is 0 Å². The smallest absolute Gasteiger partial charge is 0.0166 e. The van der Waals surface area contributed by atoms with Gasteiger partial charge >= 0.3 is 0 Å². The van der Waals surface area contributed by atoms with Crippen LogP contribution < -0.4 is 21.2 Å². The highest BCUT2D eigenvalue weighted by molar-refractivity contribution is 7.74. The Bertz CT molecular complexity index is 1000. The molecule has 156 valence electrons. The molecule has 0 aliphatic carbocycles. The molecule has 31 heavy (non-hydrogen) atoms. The van der Waals surface area contributed by atoms with E-state index >= 15 is 0 Å². The highest BCUT2D eigenvalue weighted by Crippen LogP contribution is 2.40. The average molecular weight is 441 g/mol. The topological polar surface area (TPSA) is 0 Å². The molecule has 0 radical (unpaired) electrons. The third kappa shape index (κ3) is 5.51. The van der Waals surface area contributed by atoms with Crippen LogP contribution in [0.3, 0.4) is 0 Å². The van der Waals surface area contributed by atoms with Crippen LogP contribution in [0.4, 0.5) is 0 Å². The third-order valence-electron chi connectivity index (χ3n) is 5.71. The molecule has 0 aromatic heterocycles. The minimum atomic E-state index is -0.337. The number of aryl methyl sites for hydroxylation is 2. The summed E-state index contributed by atoms with van der Waals surface area (Å²) in [6.45, 7) is 4.52. The SMILES string of the molecule is Cc1ccccc1P(CCCP(c1ccccc1)c1ccccc1C)c1ccccc1. The number of rotatable bonds is 8. The molecule has 0 saturated carbocycles. The lowest BCUT2D eigenvalue weighted by molar-refractivity contribution is 1.11. The molecule has 0 N–H and O–H groups in total. The molecule has 0 amide bonds. The van der Waals surface area contributed by atoms with Crippen molar-refractivity contribution in [3.8, 4) is 0 Å². The van der Waals surface area contributed by atoms with E-state index in [2.05, 4.69) is 123 Å². The molecular weight excluding hydrogens is 410 g/mol. The van der Waals surface area contributed by atoms with Gasteiger partial charge in [0, 0.05) is 0 Å². The Kier molecular flexibility index (Phi) is 7.69. The number of hydrogen-bond donors (Lipinski definition) is 0. The van der Waals surface area contributed by atoms with Crippen LogP contribution in [-0.4, -0.2) is 12.3 Å². The zero-order chi connectivity index (χ0) is 21.5. The van der Waals surface area contributed by atoms with Crippen LogP contribution in [0.5, 0.6) is 0 Å². The fourth-order valence-corrected chi connectivity index (χ4v) is 9.46. The van der Waals surface area contributed by atoms with Crippen molar-refractivity contribution in [1.29, 1.82) is 0 Å². The van der Waals surface area contributed by atoms with Gasteiger partial charge in [-0.3, -0.25) is 0 Å². The van der Waals surface area contributed by atoms with Crippen molar-refractivity contribution < 1.29 is 0 Å². The Balaban J connectivity index is 1.59.